The molecule has 1 saturated heterocycles. The fraction of sp³-hybridized carbons (Fsp3) is 0.273. The van der Waals surface area contributed by atoms with Crippen LogP contribution in [0.5, 0.6) is 0 Å². The van der Waals surface area contributed by atoms with Gasteiger partial charge >= 0.3 is 0 Å². The molecule has 0 saturated carbocycles. The molecule has 4 rings (SSSR count). The molecular weight excluding hydrogens is 471 g/mol. The van der Waals surface area contributed by atoms with Gasteiger partial charge in [-0.3, -0.25) is 4.79 Å². The summed E-state index contributed by atoms with van der Waals surface area (Å²) in [4.78, 5) is 17.1. The zero-order valence-corrected chi connectivity index (χ0v) is 19.7. The van der Waals surface area contributed by atoms with E-state index >= 15 is 0 Å². The number of piperidine rings is 1. The summed E-state index contributed by atoms with van der Waals surface area (Å²) in [5, 5.41) is 3.82. The molecule has 7 nitrogen and oxygen atoms in total. The number of halogens is 2. The van der Waals surface area contributed by atoms with Gasteiger partial charge in [-0.05, 0) is 50.1 Å². The predicted molar refractivity (Wildman–Crippen MR) is 124 cm³/mol. The van der Waals surface area contributed by atoms with E-state index < -0.39 is 10.0 Å². The highest BCUT2D eigenvalue weighted by Gasteiger charge is 2.30. The van der Waals surface area contributed by atoms with Gasteiger partial charge in [0, 0.05) is 31.0 Å². The number of nitrogens with one attached hydrogen (secondary N) is 1. The Balaban J connectivity index is 1.36. The zero-order chi connectivity index (χ0) is 22.9. The van der Waals surface area contributed by atoms with Crippen LogP contribution in [-0.4, -0.2) is 47.3 Å². The van der Waals surface area contributed by atoms with Crippen LogP contribution in [0.3, 0.4) is 0 Å². The molecule has 1 aromatic heterocycles. The lowest BCUT2D eigenvalue weighted by Gasteiger charge is -2.31. The number of carbonyl (C=O) groups excluding carboxylic acids is 1. The fourth-order valence-corrected chi connectivity index (χ4v) is 5.35. The second-order valence-electron chi connectivity index (χ2n) is 7.73. The van der Waals surface area contributed by atoms with Crippen molar-refractivity contribution in [3.63, 3.8) is 0 Å². The molecular formula is C22H22Cl2N4O3S. The van der Waals surface area contributed by atoms with Gasteiger partial charge in [0.1, 0.15) is 12.0 Å². The largest absolute Gasteiger partial charge is 0.348 e. The standard InChI is InChI=1S/C22H22Cl2N4O3S/c1-15-2-5-18(6-3-15)32(30,31)28-10-8-16(9-11-28)26-22(29)21-13-27(14-25-21)17-4-7-19(23)20(24)12-17/h2-7,12-14,16H,8-11H2,1H3,(H,26,29). The molecule has 0 radical (unpaired) electrons. The predicted octanol–water partition coefficient (Wildman–Crippen LogP) is 4.07. The normalized spacial score (nSPS) is 15.6. The fourth-order valence-electron chi connectivity index (χ4n) is 3.59. The van der Waals surface area contributed by atoms with Crippen LogP contribution in [0.25, 0.3) is 5.69 Å². The minimum Gasteiger partial charge on any atom is -0.348 e. The third-order valence-electron chi connectivity index (χ3n) is 5.46. The van der Waals surface area contributed by atoms with Crippen molar-refractivity contribution in [2.45, 2.75) is 30.7 Å². The summed E-state index contributed by atoms with van der Waals surface area (Å²) in [5.74, 6) is -0.302. The summed E-state index contributed by atoms with van der Waals surface area (Å²) in [6.07, 6.45) is 4.21. The highest BCUT2D eigenvalue weighted by Crippen LogP contribution is 2.25. The lowest BCUT2D eigenvalue weighted by atomic mass is 10.1. The van der Waals surface area contributed by atoms with Gasteiger partial charge < -0.3 is 9.88 Å². The minimum atomic E-state index is -3.53. The van der Waals surface area contributed by atoms with Crippen LogP contribution < -0.4 is 5.32 Å². The number of hydrogen-bond donors (Lipinski definition) is 1. The van der Waals surface area contributed by atoms with Crippen LogP contribution in [0.4, 0.5) is 0 Å². The number of imidazole rings is 1. The van der Waals surface area contributed by atoms with Crippen molar-refractivity contribution in [2.75, 3.05) is 13.1 Å². The number of rotatable bonds is 5. The maximum absolute atomic E-state index is 12.8. The molecule has 32 heavy (non-hydrogen) atoms. The number of amides is 1. The van der Waals surface area contributed by atoms with Crippen molar-refractivity contribution in [1.29, 1.82) is 0 Å². The zero-order valence-electron chi connectivity index (χ0n) is 17.3. The van der Waals surface area contributed by atoms with Gasteiger partial charge in [-0.15, -0.1) is 0 Å². The summed E-state index contributed by atoms with van der Waals surface area (Å²) in [7, 11) is -3.53. The first-order valence-electron chi connectivity index (χ1n) is 10.1. The Morgan fingerprint density at radius 2 is 1.75 bits per heavy atom. The van der Waals surface area contributed by atoms with E-state index in [0.717, 1.165) is 11.3 Å². The van der Waals surface area contributed by atoms with Crippen LogP contribution in [0.15, 0.2) is 59.9 Å². The Labute approximate surface area is 197 Å². The molecule has 0 bridgehead atoms. The summed E-state index contributed by atoms with van der Waals surface area (Å²) >= 11 is 12.0. The second-order valence-corrected chi connectivity index (χ2v) is 10.5. The number of aryl methyl sites for hydroxylation is 1. The van der Waals surface area contributed by atoms with Gasteiger partial charge in [-0.2, -0.15) is 4.31 Å². The average molecular weight is 493 g/mol. The van der Waals surface area contributed by atoms with E-state index in [9.17, 15) is 13.2 Å². The van der Waals surface area contributed by atoms with Crippen molar-refractivity contribution in [1.82, 2.24) is 19.2 Å². The number of aromatic nitrogens is 2. The topological polar surface area (TPSA) is 84.3 Å². The summed E-state index contributed by atoms with van der Waals surface area (Å²) in [5.41, 5.74) is 2.01. The Morgan fingerprint density at radius 1 is 1.06 bits per heavy atom. The molecule has 0 unspecified atom stereocenters. The Hall–Kier alpha value is -2.39. The summed E-state index contributed by atoms with van der Waals surface area (Å²) < 4.78 is 28.8. The number of nitrogens with zero attached hydrogens (tertiary/aromatic N) is 3. The van der Waals surface area contributed by atoms with Crippen molar-refractivity contribution in [2.24, 2.45) is 0 Å². The SMILES string of the molecule is Cc1ccc(S(=O)(=O)N2CCC(NC(=O)c3cn(-c4ccc(Cl)c(Cl)c4)cn3)CC2)cc1. The molecule has 168 valence electrons. The van der Waals surface area contributed by atoms with Crippen molar-refractivity contribution in [3.8, 4) is 5.69 Å². The third-order valence-corrected chi connectivity index (χ3v) is 8.12. The highest BCUT2D eigenvalue weighted by atomic mass is 35.5. The molecule has 2 aromatic carbocycles. The average Bonchev–Trinajstić information content (AvgIpc) is 3.27. The van der Waals surface area contributed by atoms with E-state index in [2.05, 4.69) is 10.3 Å². The molecule has 1 fully saturated rings. The Morgan fingerprint density at radius 3 is 2.41 bits per heavy atom. The van der Waals surface area contributed by atoms with E-state index in [1.165, 1.54) is 10.6 Å². The molecule has 0 spiro atoms. The lowest BCUT2D eigenvalue weighted by molar-refractivity contribution is 0.0919. The van der Waals surface area contributed by atoms with E-state index in [1.807, 2.05) is 6.92 Å². The van der Waals surface area contributed by atoms with Crippen LogP contribution in [0, 0.1) is 6.92 Å². The molecule has 0 aliphatic carbocycles. The first-order chi connectivity index (χ1) is 15.2. The Bertz CT molecular complexity index is 1230. The van der Waals surface area contributed by atoms with Crippen LogP contribution in [-0.2, 0) is 10.0 Å². The number of hydrogen-bond acceptors (Lipinski definition) is 4. The van der Waals surface area contributed by atoms with Gasteiger partial charge in [-0.1, -0.05) is 40.9 Å². The smallest absolute Gasteiger partial charge is 0.271 e. The quantitative estimate of drug-likeness (QED) is 0.581. The van der Waals surface area contributed by atoms with Gasteiger partial charge in [0.05, 0.1) is 14.9 Å². The van der Waals surface area contributed by atoms with Crippen LogP contribution in [0.2, 0.25) is 10.0 Å². The van der Waals surface area contributed by atoms with Crippen molar-refractivity contribution < 1.29 is 13.2 Å². The van der Waals surface area contributed by atoms with Gasteiger partial charge in [0.2, 0.25) is 10.0 Å². The molecule has 1 aliphatic heterocycles. The summed E-state index contributed by atoms with van der Waals surface area (Å²) in [6, 6.07) is 11.9. The first kappa shape index (κ1) is 22.8. The maximum Gasteiger partial charge on any atom is 0.271 e. The number of benzene rings is 2. The molecule has 1 aliphatic rings. The third kappa shape index (κ3) is 4.83. The van der Waals surface area contributed by atoms with Gasteiger partial charge in [0.25, 0.3) is 5.91 Å². The van der Waals surface area contributed by atoms with Crippen LogP contribution >= 0.6 is 23.2 Å². The monoisotopic (exact) mass is 492 g/mol. The molecule has 10 heteroatoms. The van der Waals surface area contributed by atoms with E-state index in [1.54, 1.807) is 53.2 Å². The van der Waals surface area contributed by atoms with Crippen molar-refractivity contribution in [3.05, 3.63) is 76.3 Å². The molecule has 0 atom stereocenters. The van der Waals surface area contributed by atoms with Gasteiger partial charge in [-0.25, -0.2) is 13.4 Å². The maximum atomic E-state index is 12.8. The van der Waals surface area contributed by atoms with Crippen molar-refractivity contribution >= 4 is 39.1 Å². The number of sulfonamides is 1. The lowest BCUT2D eigenvalue weighted by Crippen LogP contribution is -2.46. The molecule has 1 amide bonds. The molecule has 1 N–H and O–H groups in total. The van der Waals surface area contributed by atoms with E-state index in [-0.39, 0.29) is 17.6 Å². The number of carbonyl (C=O) groups is 1. The van der Waals surface area contributed by atoms with Crippen LogP contribution in [0.1, 0.15) is 28.9 Å². The minimum absolute atomic E-state index is 0.123. The highest BCUT2D eigenvalue weighted by molar-refractivity contribution is 7.89. The summed E-state index contributed by atoms with van der Waals surface area (Å²) in [6.45, 7) is 2.61. The molecule has 3 aromatic rings. The first-order valence-corrected chi connectivity index (χ1v) is 12.3. The van der Waals surface area contributed by atoms with E-state index in [0.29, 0.717) is 40.9 Å². The van der Waals surface area contributed by atoms with E-state index in [4.69, 9.17) is 23.2 Å². The Kier molecular flexibility index (Phi) is 6.57. The second kappa shape index (κ2) is 9.23. The molecule has 2 heterocycles. The van der Waals surface area contributed by atoms with Gasteiger partial charge in [0.15, 0.2) is 0 Å².